The Labute approximate surface area is 297 Å². The molecule has 0 unspecified atom stereocenters. The van der Waals surface area contributed by atoms with Crippen LogP contribution in [0.25, 0.3) is 11.3 Å². The number of ketones is 1. The molecule has 0 aliphatic carbocycles. The number of carbonyl (C=O) groups is 1. The maximum absolute atomic E-state index is 12.3. The van der Waals surface area contributed by atoms with Crippen LogP contribution >= 0.6 is 0 Å². The van der Waals surface area contributed by atoms with Gasteiger partial charge in [0, 0.05) is 37.0 Å². The molecule has 45 heavy (non-hydrogen) atoms. The van der Waals surface area contributed by atoms with Crippen LogP contribution < -0.4 is 34.2 Å². The van der Waals surface area contributed by atoms with E-state index in [1.807, 2.05) is 53.8 Å². The summed E-state index contributed by atoms with van der Waals surface area (Å²) in [6, 6.07) is 29.8. The molecule has 0 spiro atoms. The van der Waals surface area contributed by atoms with E-state index < -0.39 is 10.8 Å². The molecule has 7 heteroatoms. The van der Waals surface area contributed by atoms with Gasteiger partial charge in [0.1, 0.15) is 5.76 Å². The summed E-state index contributed by atoms with van der Waals surface area (Å²) in [5.74, 6) is -0.288. The molecule has 235 valence electrons. The zero-order valence-corrected chi connectivity index (χ0v) is 32.7. The van der Waals surface area contributed by atoms with Gasteiger partial charge in [-0.15, -0.1) is 0 Å². The summed E-state index contributed by atoms with van der Waals surface area (Å²) in [5, 5.41) is 10.2. The number of hydrogen-bond donors (Lipinski definition) is 1. The van der Waals surface area contributed by atoms with Crippen LogP contribution in [0.4, 0.5) is 0 Å². The summed E-state index contributed by atoms with van der Waals surface area (Å²) < 4.78 is 14.0. The number of allylic oxidation sites excluding steroid dienone is 2. The molecule has 2 aliphatic heterocycles. The molecule has 0 saturated carbocycles. The molecule has 3 aromatic carbocycles. The second-order valence-corrected chi connectivity index (χ2v) is 16.5. The van der Waals surface area contributed by atoms with Crippen molar-refractivity contribution in [2.24, 2.45) is 10.8 Å². The van der Waals surface area contributed by atoms with Crippen molar-refractivity contribution in [2.75, 3.05) is 0 Å². The molecule has 1 radical (unpaired) electrons. The van der Waals surface area contributed by atoms with Gasteiger partial charge >= 0.3 is 172 Å². The van der Waals surface area contributed by atoms with Gasteiger partial charge < -0.3 is 5.11 Å². The molecule has 1 N–H and O–H groups in total. The molecule has 1 aromatic heterocycles. The van der Waals surface area contributed by atoms with Gasteiger partial charge in [-0.2, -0.15) is 0 Å². The Balaban J connectivity index is 0.000000225. The van der Waals surface area contributed by atoms with Crippen LogP contribution in [-0.4, -0.2) is 52.5 Å². The fraction of sp³-hybridized carbons (Fsp3) is 0.316. The van der Waals surface area contributed by atoms with E-state index in [9.17, 15) is 9.90 Å². The summed E-state index contributed by atoms with van der Waals surface area (Å²) >= 11 is 0.681. The van der Waals surface area contributed by atoms with Crippen LogP contribution in [-0.2, 0) is 24.9 Å². The Morgan fingerprint density at radius 1 is 0.867 bits per heavy atom. The quantitative estimate of drug-likeness (QED) is 0.110. The first-order chi connectivity index (χ1) is 21.6. The number of hydrogen-bond acceptors (Lipinski definition) is 3. The molecular formula is C38H41BIrNO2Se2-. The van der Waals surface area contributed by atoms with E-state index >= 15 is 0 Å². The van der Waals surface area contributed by atoms with Crippen molar-refractivity contribution in [3.63, 3.8) is 0 Å². The van der Waals surface area contributed by atoms with Crippen LogP contribution in [0.5, 0.6) is 0 Å². The average Bonchev–Trinajstić information content (AvgIpc) is 3.10. The monoisotopic (exact) mass is 908 g/mol. The molecule has 0 saturated heterocycles. The third kappa shape index (κ3) is 7.06. The van der Waals surface area contributed by atoms with Crippen molar-refractivity contribution in [3.05, 3.63) is 96.9 Å². The van der Waals surface area contributed by atoms with E-state index in [0.717, 1.165) is 18.5 Å². The predicted octanol–water partition coefficient (Wildman–Crippen LogP) is 3.65. The van der Waals surface area contributed by atoms with Crippen LogP contribution in [0.1, 0.15) is 68.6 Å². The van der Waals surface area contributed by atoms with Crippen LogP contribution in [0.3, 0.4) is 0 Å². The van der Waals surface area contributed by atoms with Crippen LogP contribution in [0.2, 0.25) is 0 Å². The molecule has 0 fully saturated rings. The van der Waals surface area contributed by atoms with E-state index in [1.165, 1.54) is 29.9 Å². The Kier molecular flexibility index (Phi) is 11.5. The first kappa shape index (κ1) is 34.1. The second kappa shape index (κ2) is 15.1. The number of rotatable bonds is 8. The standard InChI is InChI=1S/C23H13BNSe2.C15H28O2.Ir/c1-2-11-19-16(8-1)24-17-9-5-7-15(18-10-3-4-14-25-18)23(17)27-21-13-6-12-20(26-19)22(21)24;1-7-14(5,8-2)12(16)11-13(17)15(6,9-3)10-4;/h1-6,8-14H;11,16H,7-10H2,1-6H3;/q-1;;/b;12-11-;/i;11D;. The number of pyridine rings is 1. The van der Waals surface area contributed by atoms with Gasteiger partial charge in [-0.25, -0.2) is 0 Å². The van der Waals surface area contributed by atoms with Gasteiger partial charge in [0.15, 0.2) is 5.78 Å². The van der Waals surface area contributed by atoms with Crippen molar-refractivity contribution < 1.29 is 31.4 Å². The van der Waals surface area contributed by atoms with Crippen molar-refractivity contribution in [1.82, 2.24) is 4.98 Å². The number of carbonyl (C=O) groups excluding carboxylic acids is 1. The van der Waals surface area contributed by atoms with E-state index in [2.05, 4.69) is 77.8 Å². The fourth-order valence-electron chi connectivity index (χ4n) is 5.61. The first-order valence-electron chi connectivity index (χ1n) is 16.1. The third-order valence-corrected chi connectivity index (χ3v) is 14.7. The van der Waals surface area contributed by atoms with E-state index in [1.54, 1.807) is 9.92 Å². The Morgan fingerprint density at radius 3 is 2.13 bits per heavy atom. The number of fused-ring (bicyclic) bond motifs is 4. The van der Waals surface area contributed by atoms with E-state index in [0.29, 0.717) is 34.5 Å². The van der Waals surface area contributed by atoms with Crippen LogP contribution in [0, 0.1) is 16.9 Å². The van der Waals surface area contributed by atoms with Crippen molar-refractivity contribution in [3.8, 4) is 11.3 Å². The third-order valence-electron chi connectivity index (χ3n) is 9.66. The molecular weight excluding hydrogens is 863 g/mol. The molecule has 0 atom stereocenters. The van der Waals surface area contributed by atoms with Gasteiger partial charge in [0.25, 0.3) is 0 Å². The zero-order chi connectivity index (χ0) is 32.4. The van der Waals surface area contributed by atoms with Gasteiger partial charge in [-0.1, -0.05) is 41.5 Å². The average molecular weight is 906 g/mol. The van der Waals surface area contributed by atoms with Crippen molar-refractivity contribution in [1.29, 1.82) is 0 Å². The molecule has 3 heterocycles. The molecule has 0 amide bonds. The zero-order valence-electron chi connectivity index (χ0n) is 27.9. The molecule has 6 rings (SSSR count). The van der Waals surface area contributed by atoms with E-state index in [4.69, 9.17) is 1.37 Å². The van der Waals surface area contributed by atoms with E-state index in [-0.39, 0.29) is 52.7 Å². The van der Waals surface area contributed by atoms with Gasteiger partial charge in [-0.3, -0.25) is 4.79 Å². The summed E-state index contributed by atoms with van der Waals surface area (Å²) in [4.78, 5) is 17.0. The van der Waals surface area contributed by atoms with Gasteiger partial charge in [-0.05, 0) is 25.7 Å². The fourth-order valence-corrected chi connectivity index (χ4v) is 11.1. The Hall–Kier alpha value is -2.23. The van der Waals surface area contributed by atoms with Gasteiger partial charge in [0.2, 0.25) is 0 Å². The summed E-state index contributed by atoms with van der Waals surface area (Å²) in [5.41, 5.74) is 5.75. The number of aromatic nitrogens is 1. The Morgan fingerprint density at radius 2 is 1.49 bits per heavy atom. The molecule has 0 bridgehead atoms. The molecule has 4 aromatic rings. The maximum atomic E-state index is 12.3. The number of aliphatic hydroxyl groups is 1. The van der Waals surface area contributed by atoms with Crippen molar-refractivity contribution >= 4 is 76.6 Å². The van der Waals surface area contributed by atoms with Crippen LogP contribution in [0.15, 0.2) is 90.8 Å². The summed E-state index contributed by atoms with van der Waals surface area (Å²) in [6.07, 6.45) is 4.70. The summed E-state index contributed by atoms with van der Waals surface area (Å²) in [7, 11) is 0. The van der Waals surface area contributed by atoms with Gasteiger partial charge in [0.05, 0.1) is 1.37 Å². The second-order valence-electron chi connectivity index (χ2n) is 12.0. The SMILES string of the molecule is [2H]/C(C(=O)C(C)(CC)CC)=C(/O)C(C)(CC)CC.[Ir].[c-]1ccc2c(c1-c1ccccn1)[Se]c1cccc3c1B2c1ccccc1[Se]3. The molecule has 2 aliphatic rings. The topological polar surface area (TPSA) is 50.2 Å². The minimum absolute atomic E-state index is 0. The normalized spacial score (nSPS) is 13.9. The minimum atomic E-state index is -0.534. The number of benzene rings is 3. The number of aliphatic hydroxyl groups excluding tert-OH is 1. The number of nitrogens with zero attached hydrogens (tertiary/aromatic N) is 1. The first-order valence-corrected chi connectivity index (χ1v) is 19.0. The predicted molar refractivity (Wildman–Crippen MR) is 189 cm³/mol. The van der Waals surface area contributed by atoms with Crippen molar-refractivity contribution in [2.45, 2.75) is 67.2 Å². The molecule has 3 nitrogen and oxygen atoms in total. The Bertz CT molecular complexity index is 1740. The summed E-state index contributed by atoms with van der Waals surface area (Å²) in [6.45, 7) is 12.0.